The SMILES string of the molecule is O=C(c1cnccn1)N1CCC[C@@H](CCc2ccnc(Nc3ccccn3)c2)C1. The highest BCUT2D eigenvalue weighted by Gasteiger charge is 2.25. The van der Waals surface area contributed by atoms with E-state index in [1.807, 2.05) is 29.3 Å². The molecule has 148 valence electrons. The minimum Gasteiger partial charge on any atom is -0.337 e. The van der Waals surface area contributed by atoms with E-state index in [9.17, 15) is 4.79 Å². The topological polar surface area (TPSA) is 83.9 Å². The Balaban J connectivity index is 1.33. The number of anilines is 2. The number of piperidine rings is 1. The summed E-state index contributed by atoms with van der Waals surface area (Å²) < 4.78 is 0. The van der Waals surface area contributed by atoms with E-state index in [1.165, 1.54) is 5.56 Å². The first-order chi connectivity index (χ1) is 14.3. The summed E-state index contributed by atoms with van der Waals surface area (Å²) in [6.45, 7) is 1.57. The van der Waals surface area contributed by atoms with Gasteiger partial charge in [-0.05, 0) is 61.4 Å². The standard InChI is InChI=1S/C22H24N6O/c29-22(19-15-23-11-12-24-19)28-13-3-4-18(16-28)7-6-17-8-10-26-21(14-17)27-20-5-1-2-9-25-20/h1-2,5,8-12,14-15,18H,3-4,6-7,13,16H2,(H,25,26,27)/t18-/m0/s1. The lowest BCUT2D eigenvalue weighted by Gasteiger charge is -2.32. The molecule has 0 radical (unpaired) electrons. The summed E-state index contributed by atoms with van der Waals surface area (Å²) in [5.41, 5.74) is 1.66. The fourth-order valence-corrected chi connectivity index (χ4v) is 3.69. The molecular formula is C22H24N6O. The molecule has 0 spiro atoms. The Bertz CT molecular complexity index is 934. The van der Waals surface area contributed by atoms with E-state index in [4.69, 9.17) is 0 Å². The molecule has 0 aliphatic carbocycles. The lowest BCUT2D eigenvalue weighted by Crippen LogP contribution is -2.40. The van der Waals surface area contributed by atoms with Crippen LogP contribution in [0.3, 0.4) is 0 Å². The van der Waals surface area contributed by atoms with Gasteiger partial charge in [-0.15, -0.1) is 0 Å². The van der Waals surface area contributed by atoms with Gasteiger partial charge in [0.25, 0.3) is 5.91 Å². The molecule has 0 bridgehead atoms. The molecule has 4 heterocycles. The summed E-state index contributed by atoms with van der Waals surface area (Å²) in [6, 6.07) is 9.86. The van der Waals surface area contributed by atoms with Crippen LogP contribution < -0.4 is 5.32 Å². The molecule has 1 amide bonds. The van der Waals surface area contributed by atoms with Crippen LogP contribution in [0.2, 0.25) is 0 Å². The molecule has 1 aliphatic heterocycles. The Labute approximate surface area is 170 Å². The van der Waals surface area contributed by atoms with Gasteiger partial charge in [0.15, 0.2) is 0 Å². The zero-order chi connectivity index (χ0) is 19.9. The molecule has 4 rings (SSSR count). The first-order valence-electron chi connectivity index (χ1n) is 9.96. The van der Waals surface area contributed by atoms with Crippen molar-refractivity contribution in [2.24, 2.45) is 5.92 Å². The molecule has 1 fully saturated rings. The van der Waals surface area contributed by atoms with Crippen molar-refractivity contribution in [3.8, 4) is 0 Å². The van der Waals surface area contributed by atoms with E-state index in [0.29, 0.717) is 11.6 Å². The zero-order valence-corrected chi connectivity index (χ0v) is 16.2. The van der Waals surface area contributed by atoms with Gasteiger partial charge in [-0.25, -0.2) is 15.0 Å². The number of aromatic nitrogens is 4. The number of likely N-dealkylation sites (tertiary alicyclic amines) is 1. The molecule has 1 atom stereocenters. The van der Waals surface area contributed by atoms with Gasteiger partial charge < -0.3 is 10.2 Å². The molecule has 0 aromatic carbocycles. The first kappa shape index (κ1) is 19.0. The van der Waals surface area contributed by atoms with Crippen molar-refractivity contribution in [2.75, 3.05) is 18.4 Å². The fourth-order valence-electron chi connectivity index (χ4n) is 3.69. The van der Waals surface area contributed by atoms with E-state index in [2.05, 4.69) is 37.4 Å². The van der Waals surface area contributed by atoms with Crippen LogP contribution in [0.25, 0.3) is 0 Å². The lowest BCUT2D eigenvalue weighted by atomic mass is 9.91. The van der Waals surface area contributed by atoms with E-state index >= 15 is 0 Å². The monoisotopic (exact) mass is 388 g/mol. The van der Waals surface area contributed by atoms with Crippen LogP contribution in [-0.2, 0) is 6.42 Å². The lowest BCUT2D eigenvalue weighted by molar-refractivity contribution is 0.0662. The highest BCUT2D eigenvalue weighted by molar-refractivity contribution is 5.92. The second kappa shape index (κ2) is 9.23. The maximum atomic E-state index is 12.6. The predicted molar refractivity (Wildman–Crippen MR) is 111 cm³/mol. The van der Waals surface area contributed by atoms with Crippen molar-refractivity contribution in [1.82, 2.24) is 24.8 Å². The van der Waals surface area contributed by atoms with Gasteiger partial charge in [0.1, 0.15) is 17.3 Å². The number of hydrogen-bond donors (Lipinski definition) is 1. The van der Waals surface area contributed by atoms with E-state index < -0.39 is 0 Å². The van der Waals surface area contributed by atoms with Crippen LogP contribution in [0.5, 0.6) is 0 Å². The van der Waals surface area contributed by atoms with Gasteiger partial charge in [0, 0.05) is 37.9 Å². The number of hydrogen-bond acceptors (Lipinski definition) is 6. The van der Waals surface area contributed by atoms with Gasteiger partial charge in [0.2, 0.25) is 0 Å². The average Bonchev–Trinajstić information content (AvgIpc) is 2.79. The van der Waals surface area contributed by atoms with Crippen molar-refractivity contribution < 1.29 is 4.79 Å². The summed E-state index contributed by atoms with van der Waals surface area (Å²) in [7, 11) is 0. The van der Waals surface area contributed by atoms with Crippen LogP contribution in [0.4, 0.5) is 11.6 Å². The minimum atomic E-state index is -0.0199. The van der Waals surface area contributed by atoms with Crippen molar-refractivity contribution >= 4 is 17.5 Å². The summed E-state index contributed by atoms with van der Waals surface area (Å²) >= 11 is 0. The molecule has 1 aliphatic rings. The second-order valence-corrected chi connectivity index (χ2v) is 7.28. The minimum absolute atomic E-state index is 0.0199. The van der Waals surface area contributed by atoms with Crippen molar-refractivity contribution in [2.45, 2.75) is 25.7 Å². The first-order valence-corrected chi connectivity index (χ1v) is 9.96. The quantitative estimate of drug-likeness (QED) is 0.696. The molecule has 29 heavy (non-hydrogen) atoms. The highest BCUT2D eigenvalue weighted by Crippen LogP contribution is 2.23. The average molecular weight is 388 g/mol. The molecular weight excluding hydrogens is 364 g/mol. The van der Waals surface area contributed by atoms with Crippen LogP contribution in [-0.4, -0.2) is 43.8 Å². The van der Waals surface area contributed by atoms with Crippen LogP contribution in [0.15, 0.2) is 61.3 Å². The predicted octanol–water partition coefficient (Wildman–Crippen LogP) is 3.50. The number of nitrogens with zero attached hydrogens (tertiary/aromatic N) is 5. The molecule has 1 saturated heterocycles. The van der Waals surface area contributed by atoms with Crippen molar-refractivity contribution in [3.05, 3.63) is 72.6 Å². The Kier molecular flexibility index (Phi) is 6.04. The van der Waals surface area contributed by atoms with E-state index in [0.717, 1.165) is 50.4 Å². The number of amides is 1. The number of pyridine rings is 2. The van der Waals surface area contributed by atoms with Crippen molar-refractivity contribution in [1.29, 1.82) is 0 Å². The van der Waals surface area contributed by atoms with Crippen LogP contribution in [0.1, 0.15) is 35.3 Å². The Morgan fingerprint density at radius 3 is 2.83 bits per heavy atom. The van der Waals surface area contributed by atoms with Gasteiger partial charge in [-0.3, -0.25) is 9.78 Å². The highest BCUT2D eigenvalue weighted by atomic mass is 16.2. The second-order valence-electron chi connectivity index (χ2n) is 7.28. The van der Waals surface area contributed by atoms with Gasteiger partial charge in [-0.2, -0.15) is 0 Å². The maximum absolute atomic E-state index is 12.6. The molecule has 0 unspecified atom stereocenters. The maximum Gasteiger partial charge on any atom is 0.274 e. The number of nitrogens with one attached hydrogen (secondary N) is 1. The largest absolute Gasteiger partial charge is 0.337 e. The van der Waals surface area contributed by atoms with Gasteiger partial charge in [-0.1, -0.05) is 6.07 Å². The Hall–Kier alpha value is -3.35. The number of aryl methyl sites for hydroxylation is 1. The summed E-state index contributed by atoms with van der Waals surface area (Å²) in [6.07, 6.45) is 12.4. The van der Waals surface area contributed by atoms with E-state index in [1.54, 1.807) is 24.8 Å². The third-order valence-electron chi connectivity index (χ3n) is 5.18. The molecule has 7 nitrogen and oxygen atoms in total. The molecule has 7 heteroatoms. The third kappa shape index (κ3) is 5.13. The number of carbonyl (C=O) groups excluding carboxylic acids is 1. The summed E-state index contributed by atoms with van der Waals surface area (Å²) in [4.78, 5) is 31.4. The number of rotatable bonds is 6. The van der Waals surface area contributed by atoms with Gasteiger partial charge >= 0.3 is 0 Å². The summed E-state index contributed by atoms with van der Waals surface area (Å²) in [5.74, 6) is 2.05. The van der Waals surface area contributed by atoms with Crippen molar-refractivity contribution in [3.63, 3.8) is 0 Å². The Morgan fingerprint density at radius 1 is 1.07 bits per heavy atom. The smallest absolute Gasteiger partial charge is 0.274 e. The normalized spacial score (nSPS) is 16.4. The molecule has 0 saturated carbocycles. The third-order valence-corrected chi connectivity index (χ3v) is 5.18. The number of carbonyl (C=O) groups is 1. The van der Waals surface area contributed by atoms with Crippen LogP contribution >= 0.6 is 0 Å². The Morgan fingerprint density at radius 2 is 2.00 bits per heavy atom. The molecule has 3 aromatic rings. The van der Waals surface area contributed by atoms with Gasteiger partial charge in [0.05, 0.1) is 6.20 Å². The molecule has 1 N–H and O–H groups in total. The molecule has 3 aromatic heterocycles. The summed E-state index contributed by atoms with van der Waals surface area (Å²) in [5, 5.41) is 3.23. The van der Waals surface area contributed by atoms with E-state index in [-0.39, 0.29) is 5.91 Å². The van der Waals surface area contributed by atoms with Crippen LogP contribution in [0, 0.1) is 5.92 Å². The fraction of sp³-hybridized carbons (Fsp3) is 0.318. The zero-order valence-electron chi connectivity index (χ0n) is 16.2.